The van der Waals surface area contributed by atoms with Crippen molar-refractivity contribution in [2.45, 2.75) is 25.8 Å². The van der Waals surface area contributed by atoms with Crippen molar-refractivity contribution in [2.24, 2.45) is 0 Å². The summed E-state index contributed by atoms with van der Waals surface area (Å²) in [4.78, 5) is 15.6. The summed E-state index contributed by atoms with van der Waals surface area (Å²) in [5.41, 5.74) is 0. The van der Waals surface area contributed by atoms with Crippen molar-refractivity contribution >= 4 is 5.97 Å². The average molecular weight is 191 g/mol. The van der Waals surface area contributed by atoms with E-state index in [-0.39, 0.29) is 13.0 Å². The summed E-state index contributed by atoms with van der Waals surface area (Å²) in [6.45, 7) is 2.33. The van der Waals surface area contributed by atoms with Crippen LogP contribution < -0.4 is 0 Å². The number of aliphatic hydroxyl groups is 1. The van der Waals surface area contributed by atoms with Gasteiger partial charge >= 0.3 is 5.97 Å². The van der Waals surface area contributed by atoms with Crippen LogP contribution in [0.1, 0.15) is 19.8 Å². The SMILES string of the molecule is CCCN(OC)[C@@H](CCO)C(=O)O. The lowest BCUT2D eigenvalue weighted by atomic mass is 10.2. The minimum atomic E-state index is -0.968. The summed E-state index contributed by atoms with van der Waals surface area (Å²) < 4.78 is 0. The quantitative estimate of drug-likeness (QED) is 0.558. The van der Waals surface area contributed by atoms with Crippen LogP contribution in [0.2, 0.25) is 0 Å². The van der Waals surface area contributed by atoms with E-state index < -0.39 is 12.0 Å². The monoisotopic (exact) mass is 191 g/mol. The first kappa shape index (κ1) is 12.3. The third-order valence-electron chi connectivity index (χ3n) is 1.71. The molecule has 0 saturated heterocycles. The van der Waals surface area contributed by atoms with Gasteiger partial charge in [-0.3, -0.25) is 4.79 Å². The topological polar surface area (TPSA) is 70.0 Å². The molecule has 0 spiro atoms. The van der Waals surface area contributed by atoms with Crippen molar-refractivity contribution < 1.29 is 19.8 Å². The molecule has 0 aliphatic rings. The van der Waals surface area contributed by atoms with Gasteiger partial charge in [-0.1, -0.05) is 6.92 Å². The van der Waals surface area contributed by atoms with Crippen LogP contribution in [-0.4, -0.2) is 47.5 Å². The highest BCUT2D eigenvalue weighted by atomic mass is 16.7. The van der Waals surface area contributed by atoms with Gasteiger partial charge < -0.3 is 15.1 Å². The van der Waals surface area contributed by atoms with E-state index in [0.717, 1.165) is 6.42 Å². The number of aliphatic carboxylic acids is 1. The van der Waals surface area contributed by atoms with Gasteiger partial charge in [-0.2, -0.15) is 5.06 Å². The molecule has 0 rings (SSSR count). The molecule has 0 fully saturated rings. The highest BCUT2D eigenvalue weighted by Crippen LogP contribution is 2.05. The van der Waals surface area contributed by atoms with Crippen LogP contribution >= 0.6 is 0 Å². The zero-order valence-corrected chi connectivity index (χ0v) is 8.06. The van der Waals surface area contributed by atoms with E-state index in [2.05, 4.69) is 0 Å². The summed E-state index contributed by atoms with van der Waals surface area (Å²) in [5, 5.41) is 18.8. The lowest BCUT2D eigenvalue weighted by Gasteiger charge is -2.25. The van der Waals surface area contributed by atoms with Crippen LogP contribution in [0, 0.1) is 0 Å². The van der Waals surface area contributed by atoms with Crippen molar-refractivity contribution in [1.29, 1.82) is 0 Å². The Labute approximate surface area is 77.9 Å². The molecule has 5 nitrogen and oxygen atoms in total. The third-order valence-corrected chi connectivity index (χ3v) is 1.71. The summed E-state index contributed by atoms with van der Waals surface area (Å²) in [6, 6.07) is -0.755. The number of hydrogen-bond acceptors (Lipinski definition) is 4. The van der Waals surface area contributed by atoms with Gasteiger partial charge in [0.25, 0.3) is 0 Å². The molecule has 0 heterocycles. The molecule has 2 N–H and O–H groups in total. The minimum Gasteiger partial charge on any atom is -0.480 e. The number of carboxylic acids is 1. The highest BCUT2D eigenvalue weighted by Gasteiger charge is 2.24. The molecule has 0 amide bonds. The predicted molar refractivity (Wildman–Crippen MR) is 47.1 cm³/mol. The van der Waals surface area contributed by atoms with Gasteiger partial charge in [0.2, 0.25) is 0 Å². The Morgan fingerprint density at radius 1 is 1.62 bits per heavy atom. The summed E-state index contributed by atoms with van der Waals surface area (Å²) in [6.07, 6.45) is 0.992. The van der Waals surface area contributed by atoms with Crippen LogP contribution in [0.4, 0.5) is 0 Å². The van der Waals surface area contributed by atoms with E-state index in [4.69, 9.17) is 15.1 Å². The molecule has 0 aliphatic heterocycles. The Morgan fingerprint density at radius 2 is 2.23 bits per heavy atom. The molecule has 78 valence electrons. The molecule has 13 heavy (non-hydrogen) atoms. The van der Waals surface area contributed by atoms with Gasteiger partial charge in [0, 0.05) is 13.2 Å². The van der Waals surface area contributed by atoms with Crippen LogP contribution in [0.3, 0.4) is 0 Å². The standard InChI is InChI=1S/C8H17NO4/c1-3-5-9(13-2)7(4-6-10)8(11)12/h7,10H,3-6H2,1-2H3,(H,11,12)/t7-/m0/s1. The molecule has 5 heteroatoms. The van der Waals surface area contributed by atoms with E-state index in [9.17, 15) is 4.79 Å². The van der Waals surface area contributed by atoms with E-state index in [1.54, 1.807) is 0 Å². The van der Waals surface area contributed by atoms with Gasteiger partial charge in [-0.05, 0) is 12.8 Å². The highest BCUT2D eigenvalue weighted by molar-refractivity contribution is 5.73. The fourth-order valence-electron chi connectivity index (χ4n) is 1.11. The second-order valence-corrected chi connectivity index (χ2v) is 2.69. The van der Waals surface area contributed by atoms with E-state index in [1.165, 1.54) is 12.2 Å². The second-order valence-electron chi connectivity index (χ2n) is 2.69. The van der Waals surface area contributed by atoms with Crippen LogP contribution in [-0.2, 0) is 9.63 Å². The molecular formula is C8H17NO4. The molecule has 0 aliphatic carbocycles. The van der Waals surface area contributed by atoms with Gasteiger partial charge in [-0.15, -0.1) is 0 Å². The fraction of sp³-hybridized carbons (Fsp3) is 0.875. The first-order valence-electron chi connectivity index (χ1n) is 4.31. The van der Waals surface area contributed by atoms with E-state index in [0.29, 0.717) is 6.54 Å². The summed E-state index contributed by atoms with van der Waals surface area (Å²) >= 11 is 0. The van der Waals surface area contributed by atoms with Gasteiger partial charge in [0.05, 0.1) is 7.11 Å². The van der Waals surface area contributed by atoms with Crippen molar-refractivity contribution in [1.82, 2.24) is 5.06 Å². The third kappa shape index (κ3) is 4.21. The fourth-order valence-corrected chi connectivity index (χ4v) is 1.11. The number of nitrogens with zero attached hydrogens (tertiary/aromatic N) is 1. The number of hydroxylamine groups is 2. The van der Waals surface area contributed by atoms with Crippen LogP contribution in [0.15, 0.2) is 0 Å². The normalized spacial score (nSPS) is 13.2. The zero-order valence-electron chi connectivity index (χ0n) is 8.06. The first-order chi connectivity index (χ1) is 6.17. The molecule has 0 radical (unpaired) electrons. The van der Waals surface area contributed by atoms with Crippen molar-refractivity contribution in [2.75, 3.05) is 20.3 Å². The molecule has 0 saturated carbocycles. The molecular weight excluding hydrogens is 174 g/mol. The maximum atomic E-state index is 10.7. The molecule has 0 aromatic rings. The predicted octanol–water partition coefficient (Wildman–Crippen LogP) is 0.0954. The van der Waals surface area contributed by atoms with Gasteiger partial charge in [0.1, 0.15) is 6.04 Å². The van der Waals surface area contributed by atoms with Crippen LogP contribution in [0.5, 0.6) is 0 Å². The number of carbonyl (C=O) groups is 1. The lowest BCUT2D eigenvalue weighted by Crippen LogP contribution is -2.41. The number of rotatable bonds is 7. The Bertz CT molecular complexity index is 151. The minimum absolute atomic E-state index is 0.152. The molecule has 0 bridgehead atoms. The zero-order chi connectivity index (χ0) is 10.3. The number of aliphatic hydroxyl groups excluding tert-OH is 1. The van der Waals surface area contributed by atoms with E-state index in [1.807, 2.05) is 6.92 Å². The molecule has 0 unspecified atom stereocenters. The number of carboxylic acid groups (broad SMARTS) is 1. The average Bonchev–Trinajstić information content (AvgIpc) is 2.10. The smallest absolute Gasteiger partial charge is 0.323 e. The molecule has 1 atom stereocenters. The molecule has 0 aromatic heterocycles. The first-order valence-corrected chi connectivity index (χ1v) is 4.31. The molecule has 0 aromatic carbocycles. The Balaban J connectivity index is 4.20. The van der Waals surface area contributed by atoms with Gasteiger partial charge in [0.15, 0.2) is 0 Å². The Kier molecular flexibility index (Phi) is 6.48. The maximum Gasteiger partial charge on any atom is 0.323 e. The van der Waals surface area contributed by atoms with Crippen molar-refractivity contribution in [3.8, 4) is 0 Å². The maximum absolute atomic E-state index is 10.7. The summed E-state index contributed by atoms with van der Waals surface area (Å²) in [7, 11) is 1.43. The Hall–Kier alpha value is -0.650. The van der Waals surface area contributed by atoms with Crippen molar-refractivity contribution in [3.05, 3.63) is 0 Å². The van der Waals surface area contributed by atoms with Crippen LogP contribution in [0.25, 0.3) is 0 Å². The largest absolute Gasteiger partial charge is 0.480 e. The van der Waals surface area contributed by atoms with E-state index >= 15 is 0 Å². The Morgan fingerprint density at radius 3 is 2.54 bits per heavy atom. The number of hydrogen-bond donors (Lipinski definition) is 2. The van der Waals surface area contributed by atoms with Gasteiger partial charge in [-0.25, -0.2) is 0 Å². The van der Waals surface area contributed by atoms with Crippen molar-refractivity contribution in [3.63, 3.8) is 0 Å². The lowest BCUT2D eigenvalue weighted by molar-refractivity contribution is -0.186. The second kappa shape index (κ2) is 6.82. The summed E-state index contributed by atoms with van der Waals surface area (Å²) in [5.74, 6) is -0.968.